The molecule has 0 bridgehead atoms. The molecule has 30 heavy (non-hydrogen) atoms. The first kappa shape index (κ1) is 23.1. The Hall–Kier alpha value is -3.16. The molecule has 1 aromatic carbocycles. The number of unbranched alkanes of at least 4 members (excludes halogenated alkanes) is 1. The molecule has 0 fully saturated rings. The number of carbonyl (C=O) groups excluding carboxylic acids is 3. The van der Waals surface area contributed by atoms with Crippen molar-refractivity contribution in [1.82, 2.24) is 15.1 Å². The number of hydrogen-bond acceptors (Lipinski definition) is 6. The van der Waals surface area contributed by atoms with Gasteiger partial charge in [0.25, 0.3) is 5.91 Å². The highest BCUT2D eigenvalue weighted by Gasteiger charge is 2.15. The number of benzene rings is 1. The Balaban J connectivity index is 1.96. The molecule has 1 amide bonds. The number of carbonyl (C=O) groups is 3. The monoisotopic (exact) mass is 415 g/mol. The third-order valence-electron chi connectivity index (χ3n) is 4.94. The van der Waals surface area contributed by atoms with Crippen LogP contribution < -0.4 is 5.32 Å². The van der Waals surface area contributed by atoms with E-state index in [1.165, 1.54) is 14.2 Å². The average Bonchev–Trinajstić information content (AvgIpc) is 3.04. The highest BCUT2D eigenvalue weighted by Crippen LogP contribution is 2.20. The molecule has 1 heterocycles. The van der Waals surface area contributed by atoms with Crippen molar-refractivity contribution in [1.29, 1.82) is 0 Å². The summed E-state index contributed by atoms with van der Waals surface area (Å²) in [5, 5.41) is 7.43. The van der Waals surface area contributed by atoms with Gasteiger partial charge < -0.3 is 14.8 Å². The second kappa shape index (κ2) is 11.1. The third-order valence-corrected chi connectivity index (χ3v) is 4.94. The van der Waals surface area contributed by atoms with E-state index in [2.05, 4.69) is 15.2 Å². The minimum absolute atomic E-state index is 0.160. The van der Waals surface area contributed by atoms with E-state index in [0.29, 0.717) is 44.2 Å². The second-order valence-electron chi connectivity index (χ2n) is 6.97. The first-order valence-electron chi connectivity index (χ1n) is 9.94. The van der Waals surface area contributed by atoms with E-state index in [0.717, 1.165) is 22.6 Å². The Morgan fingerprint density at radius 1 is 0.967 bits per heavy atom. The van der Waals surface area contributed by atoms with Crippen LogP contribution in [0.15, 0.2) is 24.3 Å². The standard InChI is InChI=1S/C22H29N3O5/c1-15-19(12-13-21(27)30-4)16(2)25(24-15)18-10-8-17(9-11-18)22(28)23-14-6-5-7-20(26)29-3/h8-11H,5-7,12-14H2,1-4H3,(H,23,28). The summed E-state index contributed by atoms with van der Waals surface area (Å²) >= 11 is 0. The summed E-state index contributed by atoms with van der Waals surface area (Å²) in [5.41, 5.74) is 4.24. The van der Waals surface area contributed by atoms with E-state index in [1.807, 2.05) is 30.7 Å². The largest absolute Gasteiger partial charge is 0.469 e. The molecule has 8 nitrogen and oxygen atoms in total. The van der Waals surface area contributed by atoms with Gasteiger partial charge in [0.1, 0.15) is 0 Å². The van der Waals surface area contributed by atoms with Crippen LogP contribution in [-0.4, -0.2) is 48.4 Å². The predicted molar refractivity (Wildman–Crippen MR) is 112 cm³/mol. The number of ether oxygens (including phenoxy) is 2. The Morgan fingerprint density at radius 2 is 1.60 bits per heavy atom. The quantitative estimate of drug-likeness (QED) is 0.473. The van der Waals surface area contributed by atoms with Crippen molar-refractivity contribution in [3.8, 4) is 5.69 Å². The number of hydrogen-bond donors (Lipinski definition) is 1. The molecule has 2 rings (SSSR count). The van der Waals surface area contributed by atoms with Crippen molar-refractivity contribution < 1.29 is 23.9 Å². The fraction of sp³-hybridized carbons (Fsp3) is 0.455. The van der Waals surface area contributed by atoms with Crippen LogP contribution in [0.5, 0.6) is 0 Å². The van der Waals surface area contributed by atoms with Gasteiger partial charge in [0, 0.05) is 30.6 Å². The molecule has 0 atom stereocenters. The van der Waals surface area contributed by atoms with Crippen LogP contribution in [0.4, 0.5) is 0 Å². The molecule has 0 radical (unpaired) electrons. The maximum atomic E-state index is 12.3. The summed E-state index contributed by atoms with van der Waals surface area (Å²) in [4.78, 5) is 34.8. The third kappa shape index (κ3) is 6.17. The topological polar surface area (TPSA) is 99.5 Å². The summed E-state index contributed by atoms with van der Waals surface area (Å²) in [6.07, 6.45) is 2.61. The van der Waals surface area contributed by atoms with Gasteiger partial charge in [0.05, 0.1) is 25.6 Å². The number of aromatic nitrogens is 2. The summed E-state index contributed by atoms with van der Waals surface area (Å²) < 4.78 is 11.1. The zero-order valence-electron chi connectivity index (χ0n) is 18.0. The van der Waals surface area contributed by atoms with Crippen molar-refractivity contribution in [3.63, 3.8) is 0 Å². The molecule has 0 aliphatic heterocycles. The number of nitrogens with zero attached hydrogens (tertiary/aromatic N) is 2. The smallest absolute Gasteiger partial charge is 0.305 e. The minimum atomic E-state index is -0.248. The van der Waals surface area contributed by atoms with E-state index in [9.17, 15) is 14.4 Å². The zero-order valence-corrected chi connectivity index (χ0v) is 18.0. The van der Waals surface area contributed by atoms with Crippen LogP contribution in [0.1, 0.15) is 53.0 Å². The van der Waals surface area contributed by atoms with Crippen molar-refractivity contribution in [2.24, 2.45) is 0 Å². The summed E-state index contributed by atoms with van der Waals surface area (Å²) in [6.45, 7) is 4.37. The molecule has 0 saturated carbocycles. The lowest BCUT2D eigenvalue weighted by Crippen LogP contribution is -2.24. The van der Waals surface area contributed by atoms with Gasteiger partial charge in [0.2, 0.25) is 0 Å². The fourth-order valence-electron chi connectivity index (χ4n) is 3.17. The molecular formula is C22H29N3O5. The summed E-state index contributed by atoms with van der Waals surface area (Å²) in [7, 11) is 2.74. The second-order valence-corrected chi connectivity index (χ2v) is 6.97. The maximum Gasteiger partial charge on any atom is 0.305 e. The first-order chi connectivity index (χ1) is 14.4. The van der Waals surface area contributed by atoms with E-state index in [-0.39, 0.29) is 17.8 Å². The zero-order chi connectivity index (χ0) is 22.1. The van der Waals surface area contributed by atoms with E-state index < -0.39 is 0 Å². The molecule has 2 aromatic rings. The molecule has 162 valence electrons. The van der Waals surface area contributed by atoms with Gasteiger partial charge in [-0.05, 0) is 62.9 Å². The van der Waals surface area contributed by atoms with Gasteiger partial charge in [-0.2, -0.15) is 5.10 Å². The minimum Gasteiger partial charge on any atom is -0.469 e. The molecule has 0 spiro atoms. The number of rotatable bonds is 10. The van der Waals surface area contributed by atoms with Crippen LogP contribution >= 0.6 is 0 Å². The van der Waals surface area contributed by atoms with Crippen molar-refractivity contribution in [2.45, 2.75) is 46.0 Å². The Bertz CT molecular complexity index is 887. The number of esters is 2. The van der Waals surface area contributed by atoms with Gasteiger partial charge >= 0.3 is 11.9 Å². The predicted octanol–water partition coefficient (Wildman–Crippen LogP) is 2.67. The Kier molecular flexibility index (Phi) is 8.58. The number of nitrogens with one attached hydrogen (secondary N) is 1. The molecule has 0 aliphatic rings. The van der Waals surface area contributed by atoms with Crippen molar-refractivity contribution in [2.75, 3.05) is 20.8 Å². The van der Waals surface area contributed by atoms with Crippen LogP contribution in [0.25, 0.3) is 5.69 Å². The summed E-state index contributed by atoms with van der Waals surface area (Å²) in [5.74, 6) is -0.650. The van der Waals surface area contributed by atoms with E-state index in [4.69, 9.17) is 4.74 Å². The lowest BCUT2D eigenvalue weighted by atomic mass is 10.1. The molecule has 0 saturated heterocycles. The average molecular weight is 415 g/mol. The molecule has 0 unspecified atom stereocenters. The first-order valence-corrected chi connectivity index (χ1v) is 9.94. The van der Waals surface area contributed by atoms with E-state index in [1.54, 1.807) is 12.1 Å². The molecular weight excluding hydrogens is 386 g/mol. The normalized spacial score (nSPS) is 10.5. The molecule has 0 aliphatic carbocycles. The highest BCUT2D eigenvalue weighted by atomic mass is 16.5. The van der Waals surface area contributed by atoms with Gasteiger partial charge in [-0.15, -0.1) is 0 Å². The molecule has 1 aromatic heterocycles. The number of methoxy groups -OCH3 is 2. The fourth-order valence-corrected chi connectivity index (χ4v) is 3.17. The SMILES string of the molecule is COC(=O)CCCCNC(=O)c1ccc(-n2nc(C)c(CCC(=O)OC)c2C)cc1. The highest BCUT2D eigenvalue weighted by molar-refractivity contribution is 5.94. The number of amides is 1. The lowest BCUT2D eigenvalue weighted by Gasteiger charge is -2.08. The van der Waals surface area contributed by atoms with Crippen molar-refractivity contribution >= 4 is 17.8 Å². The number of aryl methyl sites for hydroxylation is 1. The Morgan fingerprint density at radius 3 is 2.23 bits per heavy atom. The van der Waals surface area contributed by atoms with E-state index >= 15 is 0 Å². The molecule has 8 heteroatoms. The van der Waals surface area contributed by atoms with Gasteiger partial charge in [-0.25, -0.2) is 4.68 Å². The van der Waals surface area contributed by atoms with Gasteiger partial charge in [-0.1, -0.05) is 0 Å². The summed E-state index contributed by atoms with van der Waals surface area (Å²) in [6, 6.07) is 7.19. The molecule has 1 N–H and O–H groups in total. The maximum absolute atomic E-state index is 12.3. The van der Waals surface area contributed by atoms with Crippen LogP contribution in [0, 0.1) is 13.8 Å². The van der Waals surface area contributed by atoms with Crippen LogP contribution in [0.3, 0.4) is 0 Å². The van der Waals surface area contributed by atoms with Gasteiger partial charge in [0.15, 0.2) is 0 Å². The van der Waals surface area contributed by atoms with Gasteiger partial charge in [-0.3, -0.25) is 14.4 Å². The van der Waals surface area contributed by atoms with Crippen LogP contribution in [-0.2, 0) is 25.5 Å². The Labute approximate surface area is 176 Å². The lowest BCUT2D eigenvalue weighted by molar-refractivity contribution is -0.141. The van der Waals surface area contributed by atoms with Crippen molar-refractivity contribution in [3.05, 3.63) is 46.8 Å². The van der Waals surface area contributed by atoms with Crippen LogP contribution in [0.2, 0.25) is 0 Å².